The molecule has 25 heavy (non-hydrogen) atoms. The van der Waals surface area contributed by atoms with Crippen LogP contribution in [0.2, 0.25) is 0 Å². The molecule has 2 rings (SSSR count). The molecule has 4 heteroatoms. The van der Waals surface area contributed by atoms with Crippen molar-refractivity contribution in [3.8, 4) is 0 Å². The number of rotatable bonds is 7. The van der Waals surface area contributed by atoms with Crippen molar-refractivity contribution < 1.29 is 14.7 Å². The van der Waals surface area contributed by atoms with Crippen LogP contribution in [0.4, 0.5) is 0 Å². The molecule has 0 aromatic heterocycles. The fraction of sp³-hybridized carbons (Fsp3) is 0.524. The van der Waals surface area contributed by atoms with Gasteiger partial charge in [0.05, 0.1) is 5.56 Å². The largest absolute Gasteiger partial charge is 0.478 e. The summed E-state index contributed by atoms with van der Waals surface area (Å²) >= 11 is 0. The van der Waals surface area contributed by atoms with Crippen molar-refractivity contribution in [3.05, 3.63) is 41.0 Å². The molecule has 0 radical (unpaired) electrons. The summed E-state index contributed by atoms with van der Waals surface area (Å²) in [7, 11) is 0. The minimum absolute atomic E-state index is 0.184. The topological polar surface area (TPSA) is 57.6 Å². The van der Waals surface area contributed by atoms with E-state index >= 15 is 0 Å². The molecule has 0 atom stereocenters. The van der Waals surface area contributed by atoms with E-state index in [1.54, 1.807) is 12.1 Å². The number of carbonyl (C=O) groups excluding carboxylic acids is 1. The lowest BCUT2D eigenvalue weighted by atomic mass is 9.94. The molecule has 0 unspecified atom stereocenters. The lowest BCUT2D eigenvalue weighted by Gasteiger charge is -2.31. The highest BCUT2D eigenvalue weighted by molar-refractivity contribution is 5.87. The molecule has 1 aromatic carbocycles. The summed E-state index contributed by atoms with van der Waals surface area (Å²) in [5.41, 5.74) is 2.66. The third-order valence-electron chi connectivity index (χ3n) is 4.87. The van der Waals surface area contributed by atoms with Gasteiger partial charge in [-0.05, 0) is 43.4 Å². The molecule has 1 aliphatic rings. The Morgan fingerprint density at radius 2 is 1.64 bits per heavy atom. The molecule has 1 saturated heterocycles. The van der Waals surface area contributed by atoms with E-state index in [9.17, 15) is 9.59 Å². The van der Waals surface area contributed by atoms with Gasteiger partial charge in [-0.25, -0.2) is 4.79 Å². The van der Waals surface area contributed by atoms with Gasteiger partial charge in [-0.3, -0.25) is 4.79 Å². The summed E-state index contributed by atoms with van der Waals surface area (Å²) in [5, 5.41) is 8.95. The first kappa shape index (κ1) is 19.2. The maximum atomic E-state index is 12.7. The van der Waals surface area contributed by atoms with Crippen LogP contribution in [0, 0.1) is 5.92 Å². The molecule has 1 heterocycles. The molecule has 1 N–H and O–H groups in total. The van der Waals surface area contributed by atoms with Crippen LogP contribution in [-0.2, 0) is 4.79 Å². The molecular formula is C21H29NO3. The number of carboxylic acid groups (broad SMARTS) is 1. The van der Waals surface area contributed by atoms with Gasteiger partial charge in [0.2, 0.25) is 5.91 Å². The third kappa shape index (κ3) is 5.45. The molecule has 0 aliphatic carbocycles. The van der Waals surface area contributed by atoms with E-state index in [4.69, 9.17) is 5.11 Å². The van der Waals surface area contributed by atoms with E-state index in [0.717, 1.165) is 57.2 Å². The maximum Gasteiger partial charge on any atom is 0.335 e. The van der Waals surface area contributed by atoms with Gasteiger partial charge in [0.1, 0.15) is 0 Å². The molecular weight excluding hydrogens is 314 g/mol. The zero-order chi connectivity index (χ0) is 18.2. The van der Waals surface area contributed by atoms with Crippen LogP contribution < -0.4 is 0 Å². The molecule has 1 aromatic rings. The van der Waals surface area contributed by atoms with Crippen LogP contribution in [0.1, 0.15) is 68.3 Å². The zero-order valence-corrected chi connectivity index (χ0v) is 15.3. The van der Waals surface area contributed by atoms with Crippen molar-refractivity contribution >= 4 is 18.0 Å². The van der Waals surface area contributed by atoms with Gasteiger partial charge in [-0.2, -0.15) is 0 Å². The Morgan fingerprint density at radius 1 is 1.08 bits per heavy atom. The number of hydrogen-bond acceptors (Lipinski definition) is 2. The monoisotopic (exact) mass is 343 g/mol. The summed E-state index contributed by atoms with van der Waals surface area (Å²) in [4.78, 5) is 25.6. The second-order valence-corrected chi connectivity index (χ2v) is 6.83. The molecule has 1 amide bonds. The highest BCUT2D eigenvalue weighted by atomic mass is 16.4. The van der Waals surface area contributed by atoms with E-state index in [-0.39, 0.29) is 5.92 Å². The molecule has 0 spiro atoms. The zero-order valence-electron chi connectivity index (χ0n) is 15.3. The van der Waals surface area contributed by atoms with Gasteiger partial charge >= 0.3 is 5.97 Å². The average molecular weight is 343 g/mol. The number of benzene rings is 1. The second kappa shape index (κ2) is 9.40. The summed E-state index contributed by atoms with van der Waals surface area (Å²) in [6.45, 7) is 5.87. The predicted molar refractivity (Wildman–Crippen MR) is 100 cm³/mol. The first-order valence-electron chi connectivity index (χ1n) is 9.36. The molecule has 1 aliphatic heterocycles. The fourth-order valence-corrected chi connectivity index (χ4v) is 3.46. The smallest absolute Gasteiger partial charge is 0.335 e. The highest BCUT2D eigenvalue weighted by Gasteiger charge is 2.25. The average Bonchev–Trinajstić information content (AvgIpc) is 2.62. The lowest BCUT2D eigenvalue weighted by molar-refractivity contribution is -0.136. The van der Waals surface area contributed by atoms with Crippen molar-refractivity contribution in [1.29, 1.82) is 0 Å². The number of piperidine rings is 1. The van der Waals surface area contributed by atoms with Crippen molar-refractivity contribution in [1.82, 2.24) is 4.90 Å². The number of hydrogen-bond donors (Lipinski definition) is 1. The number of likely N-dealkylation sites (tertiary alicyclic amines) is 1. The van der Waals surface area contributed by atoms with Gasteiger partial charge in [0, 0.05) is 19.0 Å². The van der Waals surface area contributed by atoms with Gasteiger partial charge in [-0.15, -0.1) is 0 Å². The molecule has 0 bridgehead atoms. The summed E-state index contributed by atoms with van der Waals surface area (Å²) < 4.78 is 0. The Kier molecular flexibility index (Phi) is 7.23. The molecule has 1 fully saturated rings. The van der Waals surface area contributed by atoms with Crippen LogP contribution in [-0.4, -0.2) is 35.0 Å². The van der Waals surface area contributed by atoms with E-state index in [1.165, 1.54) is 5.57 Å². The van der Waals surface area contributed by atoms with Gasteiger partial charge in [0.15, 0.2) is 0 Å². The van der Waals surface area contributed by atoms with Crippen LogP contribution in [0.25, 0.3) is 6.08 Å². The molecule has 0 saturated carbocycles. The van der Waals surface area contributed by atoms with E-state index in [0.29, 0.717) is 11.5 Å². The minimum atomic E-state index is -0.903. The van der Waals surface area contributed by atoms with Gasteiger partial charge in [-0.1, -0.05) is 50.5 Å². The lowest BCUT2D eigenvalue weighted by Crippen LogP contribution is -2.40. The summed E-state index contributed by atoms with van der Waals surface area (Å²) in [5.74, 6) is -0.391. The van der Waals surface area contributed by atoms with Gasteiger partial charge in [0.25, 0.3) is 0 Å². The predicted octanol–water partition coefficient (Wildman–Crippen LogP) is 4.61. The van der Waals surface area contributed by atoms with Gasteiger partial charge < -0.3 is 10.0 Å². The Hall–Kier alpha value is -2.10. The fourth-order valence-electron chi connectivity index (χ4n) is 3.46. The van der Waals surface area contributed by atoms with Crippen LogP contribution in [0.5, 0.6) is 0 Å². The van der Waals surface area contributed by atoms with E-state index < -0.39 is 5.97 Å². The molecule has 136 valence electrons. The summed E-state index contributed by atoms with van der Waals surface area (Å²) in [6.07, 6.45) is 8.02. The van der Waals surface area contributed by atoms with Crippen LogP contribution in [0.3, 0.4) is 0 Å². The third-order valence-corrected chi connectivity index (χ3v) is 4.87. The normalized spacial score (nSPS) is 14.7. The van der Waals surface area contributed by atoms with Crippen LogP contribution >= 0.6 is 0 Å². The first-order valence-corrected chi connectivity index (χ1v) is 9.36. The SMILES string of the molecule is CCCC(CCC)C(=O)N1CCC(=Cc2ccc(C(=O)O)cc2)CC1. The number of carbonyl (C=O) groups is 2. The van der Waals surface area contributed by atoms with Crippen molar-refractivity contribution in [2.24, 2.45) is 5.92 Å². The Morgan fingerprint density at radius 3 is 2.12 bits per heavy atom. The Labute approximate surface area is 150 Å². The number of amides is 1. The summed E-state index contributed by atoms with van der Waals surface area (Å²) in [6, 6.07) is 6.94. The molecule has 4 nitrogen and oxygen atoms in total. The maximum absolute atomic E-state index is 12.7. The number of aromatic carboxylic acids is 1. The number of nitrogens with zero attached hydrogens (tertiary/aromatic N) is 1. The van der Waals surface area contributed by atoms with E-state index in [1.807, 2.05) is 17.0 Å². The minimum Gasteiger partial charge on any atom is -0.478 e. The van der Waals surface area contributed by atoms with E-state index in [2.05, 4.69) is 19.9 Å². The van der Waals surface area contributed by atoms with Crippen molar-refractivity contribution in [2.45, 2.75) is 52.4 Å². The Balaban J connectivity index is 1.94. The standard InChI is InChI=1S/C21H29NO3/c1-3-5-18(6-4-2)20(23)22-13-11-17(12-14-22)15-16-7-9-19(10-8-16)21(24)25/h7-10,15,18H,3-6,11-14H2,1-2H3,(H,24,25). The number of carboxylic acids is 1. The highest BCUT2D eigenvalue weighted by Crippen LogP contribution is 2.23. The second-order valence-electron chi connectivity index (χ2n) is 6.83. The Bertz CT molecular complexity index is 603. The van der Waals surface area contributed by atoms with Crippen molar-refractivity contribution in [2.75, 3.05) is 13.1 Å². The quantitative estimate of drug-likeness (QED) is 0.786. The van der Waals surface area contributed by atoms with Crippen molar-refractivity contribution in [3.63, 3.8) is 0 Å². The first-order chi connectivity index (χ1) is 12.0. The van der Waals surface area contributed by atoms with Crippen LogP contribution in [0.15, 0.2) is 29.8 Å².